The fourth-order valence-electron chi connectivity index (χ4n) is 3.24. The van der Waals surface area contributed by atoms with Crippen molar-refractivity contribution in [2.75, 3.05) is 20.2 Å². The number of carboxylic acid groups (broad SMARTS) is 1. The minimum Gasteiger partial charge on any atom is -0.496 e. The third-order valence-electron chi connectivity index (χ3n) is 4.40. The van der Waals surface area contributed by atoms with Gasteiger partial charge < -0.3 is 9.84 Å². The first-order valence-corrected chi connectivity index (χ1v) is 7.61. The number of rotatable bonds is 5. The van der Waals surface area contributed by atoms with Gasteiger partial charge in [0.05, 0.1) is 7.11 Å². The molecule has 1 heterocycles. The van der Waals surface area contributed by atoms with Gasteiger partial charge in [-0.05, 0) is 45.2 Å². The van der Waals surface area contributed by atoms with Crippen molar-refractivity contribution in [3.8, 4) is 5.75 Å². The van der Waals surface area contributed by atoms with Crippen LogP contribution in [0.3, 0.4) is 0 Å². The molecule has 1 fully saturated rings. The second-order valence-corrected chi connectivity index (χ2v) is 6.02. The first-order chi connectivity index (χ1) is 10.0. The Balaban J connectivity index is 2.13. The normalized spacial score (nSPS) is 21.0. The second kappa shape index (κ2) is 6.94. The van der Waals surface area contributed by atoms with Crippen molar-refractivity contribution in [2.45, 2.75) is 39.2 Å². The maximum atomic E-state index is 10.9. The van der Waals surface area contributed by atoms with Crippen LogP contribution in [0.1, 0.15) is 43.4 Å². The highest BCUT2D eigenvalue weighted by atomic mass is 16.5. The zero-order valence-corrected chi connectivity index (χ0v) is 13.1. The van der Waals surface area contributed by atoms with E-state index in [9.17, 15) is 4.79 Å². The summed E-state index contributed by atoms with van der Waals surface area (Å²) < 4.78 is 5.48. The van der Waals surface area contributed by atoms with Gasteiger partial charge in [0, 0.05) is 24.6 Å². The van der Waals surface area contributed by atoms with Crippen LogP contribution in [0.2, 0.25) is 0 Å². The van der Waals surface area contributed by atoms with E-state index in [0.717, 1.165) is 31.7 Å². The molecule has 1 aromatic carbocycles. The number of hydrogen-bond acceptors (Lipinski definition) is 3. The summed E-state index contributed by atoms with van der Waals surface area (Å²) in [6.45, 7) is 6.14. The predicted molar refractivity (Wildman–Crippen MR) is 82.7 cm³/mol. The molecule has 0 spiro atoms. The van der Waals surface area contributed by atoms with Crippen LogP contribution >= 0.6 is 0 Å². The lowest BCUT2D eigenvalue weighted by Crippen LogP contribution is -2.38. The number of carbonyl (C=O) groups is 1. The van der Waals surface area contributed by atoms with Crippen LogP contribution in [0.15, 0.2) is 18.2 Å². The molecule has 2 rings (SSSR count). The lowest BCUT2D eigenvalue weighted by molar-refractivity contribution is -0.138. The molecule has 2 unspecified atom stereocenters. The van der Waals surface area contributed by atoms with Crippen molar-refractivity contribution in [3.63, 3.8) is 0 Å². The fourth-order valence-corrected chi connectivity index (χ4v) is 3.24. The van der Waals surface area contributed by atoms with Crippen molar-refractivity contribution >= 4 is 5.97 Å². The molecule has 0 saturated carbocycles. The van der Waals surface area contributed by atoms with E-state index in [1.54, 1.807) is 7.11 Å². The Kier molecular flexibility index (Phi) is 5.23. The van der Waals surface area contributed by atoms with Crippen molar-refractivity contribution in [3.05, 3.63) is 29.3 Å². The molecular weight excluding hydrogens is 266 g/mol. The van der Waals surface area contributed by atoms with E-state index in [4.69, 9.17) is 9.84 Å². The van der Waals surface area contributed by atoms with Gasteiger partial charge in [-0.25, -0.2) is 0 Å². The number of methoxy groups -OCH3 is 1. The molecule has 1 aliphatic heterocycles. The minimum absolute atomic E-state index is 0.247. The standard InChI is InChI=1S/C17H25NO3/c1-12-6-7-16(21-3)15(9-12)13(2)18-8-4-5-14(11-18)10-17(19)20/h6-7,9,13-14H,4-5,8,10-11H2,1-3H3,(H,19,20). The number of benzene rings is 1. The number of aliphatic carboxylic acids is 1. The number of carboxylic acids is 1. The van der Waals surface area contributed by atoms with E-state index in [2.05, 4.69) is 30.9 Å². The van der Waals surface area contributed by atoms with Crippen LogP contribution in [0.4, 0.5) is 0 Å². The number of ether oxygens (including phenoxy) is 1. The monoisotopic (exact) mass is 291 g/mol. The molecule has 0 bridgehead atoms. The average Bonchev–Trinajstić information content (AvgIpc) is 2.46. The first kappa shape index (κ1) is 15.8. The van der Waals surface area contributed by atoms with Gasteiger partial charge in [0.1, 0.15) is 5.75 Å². The maximum absolute atomic E-state index is 10.9. The highest BCUT2D eigenvalue weighted by molar-refractivity contribution is 5.67. The van der Waals surface area contributed by atoms with E-state index < -0.39 is 5.97 Å². The van der Waals surface area contributed by atoms with Gasteiger partial charge in [0.15, 0.2) is 0 Å². The first-order valence-electron chi connectivity index (χ1n) is 7.61. The summed E-state index contributed by atoms with van der Waals surface area (Å²) >= 11 is 0. The SMILES string of the molecule is COc1ccc(C)cc1C(C)N1CCCC(CC(=O)O)C1. The minimum atomic E-state index is -0.692. The molecule has 4 nitrogen and oxygen atoms in total. The smallest absolute Gasteiger partial charge is 0.303 e. The van der Waals surface area contributed by atoms with E-state index >= 15 is 0 Å². The predicted octanol–water partition coefficient (Wildman–Crippen LogP) is 3.25. The number of hydrogen-bond donors (Lipinski definition) is 1. The summed E-state index contributed by atoms with van der Waals surface area (Å²) in [4.78, 5) is 13.3. The van der Waals surface area contributed by atoms with Crippen LogP contribution in [-0.4, -0.2) is 36.2 Å². The van der Waals surface area contributed by atoms with Crippen LogP contribution in [0, 0.1) is 12.8 Å². The summed E-state index contributed by atoms with van der Waals surface area (Å²) in [6.07, 6.45) is 2.35. The Hall–Kier alpha value is -1.55. The summed E-state index contributed by atoms with van der Waals surface area (Å²) in [5.41, 5.74) is 2.41. The molecule has 4 heteroatoms. The Labute approximate surface area is 126 Å². The van der Waals surface area contributed by atoms with Gasteiger partial charge in [0.2, 0.25) is 0 Å². The molecule has 1 saturated heterocycles. The molecule has 1 aliphatic rings. The van der Waals surface area contributed by atoms with Crippen molar-refractivity contribution < 1.29 is 14.6 Å². The van der Waals surface area contributed by atoms with Gasteiger partial charge >= 0.3 is 5.97 Å². The van der Waals surface area contributed by atoms with Crippen LogP contribution in [0.25, 0.3) is 0 Å². The quantitative estimate of drug-likeness (QED) is 0.904. The van der Waals surface area contributed by atoms with Gasteiger partial charge in [0.25, 0.3) is 0 Å². The Morgan fingerprint density at radius 3 is 2.95 bits per heavy atom. The number of aryl methyl sites for hydroxylation is 1. The van der Waals surface area contributed by atoms with Crippen LogP contribution in [-0.2, 0) is 4.79 Å². The highest BCUT2D eigenvalue weighted by Gasteiger charge is 2.27. The maximum Gasteiger partial charge on any atom is 0.303 e. The van der Waals surface area contributed by atoms with E-state index in [0.29, 0.717) is 0 Å². The van der Waals surface area contributed by atoms with Crippen molar-refractivity contribution in [2.24, 2.45) is 5.92 Å². The molecule has 0 aliphatic carbocycles. The molecule has 21 heavy (non-hydrogen) atoms. The lowest BCUT2D eigenvalue weighted by Gasteiger charge is -2.37. The second-order valence-electron chi connectivity index (χ2n) is 6.02. The molecule has 0 radical (unpaired) electrons. The van der Waals surface area contributed by atoms with Gasteiger partial charge in [-0.15, -0.1) is 0 Å². The zero-order valence-electron chi connectivity index (χ0n) is 13.1. The zero-order chi connectivity index (χ0) is 15.4. The van der Waals surface area contributed by atoms with Crippen LogP contribution in [0.5, 0.6) is 5.75 Å². The summed E-state index contributed by atoms with van der Waals surface area (Å²) in [5, 5.41) is 8.99. The van der Waals surface area contributed by atoms with E-state index in [1.807, 2.05) is 6.07 Å². The van der Waals surface area contributed by atoms with Gasteiger partial charge in [-0.2, -0.15) is 0 Å². The fraction of sp³-hybridized carbons (Fsp3) is 0.588. The molecule has 0 aromatic heterocycles. The lowest BCUT2D eigenvalue weighted by atomic mass is 9.92. The van der Waals surface area contributed by atoms with Crippen molar-refractivity contribution in [1.29, 1.82) is 0 Å². The molecule has 1 N–H and O–H groups in total. The van der Waals surface area contributed by atoms with E-state index in [-0.39, 0.29) is 18.4 Å². The largest absolute Gasteiger partial charge is 0.496 e. The Bertz CT molecular complexity index is 501. The van der Waals surface area contributed by atoms with Crippen LogP contribution < -0.4 is 4.74 Å². The number of nitrogens with zero attached hydrogens (tertiary/aromatic N) is 1. The number of piperidine rings is 1. The highest BCUT2D eigenvalue weighted by Crippen LogP contribution is 2.33. The average molecular weight is 291 g/mol. The number of likely N-dealkylation sites (tertiary alicyclic amines) is 1. The van der Waals surface area contributed by atoms with Gasteiger partial charge in [-0.3, -0.25) is 9.69 Å². The van der Waals surface area contributed by atoms with Gasteiger partial charge in [-0.1, -0.05) is 17.7 Å². The Morgan fingerprint density at radius 1 is 1.52 bits per heavy atom. The summed E-state index contributed by atoms with van der Waals surface area (Å²) in [7, 11) is 1.70. The molecular formula is C17H25NO3. The molecule has 1 aromatic rings. The topological polar surface area (TPSA) is 49.8 Å². The van der Waals surface area contributed by atoms with E-state index in [1.165, 1.54) is 11.1 Å². The Morgan fingerprint density at radius 2 is 2.29 bits per heavy atom. The molecule has 2 atom stereocenters. The summed E-state index contributed by atoms with van der Waals surface area (Å²) in [5.74, 6) is 0.477. The molecule has 0 amide bonds. The molecule has 116 valence electrons. The third-order valence-corrected chi connectivity index (χ3v) is 4.40. The third kappa shape index (κ3) is 3.97. The summed E-state index contributed by atoms with van der Waals surface area (Å²) in [6, 6.07) is 6.49. The van der Waals surface area contributed by atoms with Crippen molar-refractivity contribution in [1.82, 2.24) is 4.90 Å².